The van der Waals surface area contributed by atoms with Gasteiger partial charge in [0.25, 0.3) is 0 Å². The van der Waals surface area contributed by atoms with E-state index in [-0.39, 0.29) is 0 Å². The third kappa shape index (κ3) is 2.34. The minimum atomic E-state index is 1.27. The van der Waals surface area contributed by atoms with E-state index in [9.17, 15) is 0 Å². The van der Waals surface area contributed by atoms with Gasteiger partial charge in [0.2, 0.25) is 0 Å². The average molecular weight is 317 g/mol. The summed E-state index contributed by atoms with van der Waals surface area (Å²) in [4.78, 5) is 5.02. The minimum absolute atomic E-state index is 1.27. The van der Waals surface area contributed by atoms with Gasteiger partial charge in [0.05, 0.1) is 11.4 Å². The van der Waals surface area contributed by atoms with Gasteiger partial charge in [0.15, 0.2) is 0 Å². The summed E-state index contributed by atoms with van der Waals surface area (Å²) in [7, 11) is 0. The van der Waals surface area contributed by atoms with E-state index in [1.54, 1.807) is 0 Å². The van der Waals surface area contributed by atoms with Crippen molar-refractivity contribution in [3.05, 3.63) is 77.4 Å². The van der Waals surface area contributed by atoms with Gasteiger partial charge in [-0.25, -0.2) is 0 Å². The second kappa shape index (κ2) is 5.47. The largest absolute Gasteiger partial charge is 0.308 e. The minimum Gasteiger partial charge on any atom is -0.308 e. The second-order valence-corrected chi connectivity index (χ2v) is 7.18. The SMILES string of the molecule is Cc1cc(C)c(N2c3ccccc3Sc3ccccc32)cc1C. The maximum atomic E-state index is 2.41. The van der Waals surface area contributed by atoms with E-state index in [4.69, 9.17) is 0 Å². The lowest BCUT2D eigenvalue weighted by atomic mass is 10.0. The molecule has 1 aliphatic rings. The summed E-state index contributed by atoms with van der Waals surface area (Å²) in [5.41, 5.74) is 7.79. The number of benzene rings is 3. The smallest absolute Gasteiger partial charge is 0.0601 e. The van der Waals surface area contributed by atoms with Crippen LogP contribution in [0.25, 0.3) is 0 Å². The molecule has 114 valence electrons. The van der Waals surface area contributed by atoms with Crippen molar-refractivity contribution in [2.75, 3.05) is 4.90 Å². The van der Waals surface area contributed by atoms with E-state index < -0.39 is 0 Å². The Morgan fingerprint density at radius 3 is 1.74 bits per heavy atom. The highest BCUT2D eigenvalue weighted by molar-refractivity contribution is 7.99. The molecular weight excluding hydrogens is 298 g/mol. The van der Waals surface area contributed by atoms with E-state index in [2.05, 4.69) is 86.3 Å². The molecule has 1 aliphatic heterocycles. The molecule has 3 aromatic carbocycles. The predicted molar refractivity (Wildman–Crippen MR) is 99.5 cm³/mol. The Morgan fingerprint density at radius 1 is 0.609 bits per heavy atom. The lowest BCUT2D eigenvalue weighted by Crippen LogP contribution is -2.16. The van der Waals surface area contributed by atoms with E-state index in [1.807, 2.05) is 11.8 Å². The van der Waals surface area contributed by atoms with Crippen LogP contribution in [0.4, 0.5) is 17.1 Å². The number of anilines is 3. The molecule has 0 unspecified atom stereocenters. The van der Waals surface area contributed by atoms with Gasteiger partial charge in [-0.2, -0.15) is 0 Å². The second-order valence-electron chi connectivity index (χ2n) is 6.10. The zero-order chi connectivity index (χ0) is 16.0. The number of aryl methyl sites for hydroxylation is 3. The van der Waals surface area contributed by atoms with Crippen molar-refractivity contribution in [2.24, 2.45) is 0 Å². The standard InChI is InChI=1S/C21H19NS/c1-14-12-16(3)19(13-15(14)2)22-17-8-4-6-10-20(17)23-21-11-7-5-9-18(21)22/h4-13H,1-3H3. The Bertz CT molecular complexity index is 853. The van der Waals surface area contributed by atoms with Crippen LogP contribution in [0, 0.1) is 20.8 Å². The number of hydrogen-bond acceptors (Lipinski definition) is 2. The van der Waals surface area contributed by atoms with Gasteiger partial charge in [-0.3, -0.25) is 0 Å². The molecule has 1 heterocycles. The Hall–Kier alpha value is -2.19. The van der Waals surface area contributed by atoms with Crippen LogP contribution in [0.5, 0.6) is 0 Å². The monoisotopic (exact) mass is 317 g/mol. The molecule has 0 amide bonds. The van der Waals surface area contributed by atoms with Gasteiger partial charge in [-0.15, -0.1) is 0 Å². The Kier molecular flexibility index (Phi) is 3.42. The van der Waals surface area contributed by atoms with Crippen LogP contribution in [0.3, 0.4) is 0 Å². The van der Waals surface area contributed by atoms with Crippen LogP contribution in [0.2, 0.25) is 0 Å². The van der Waals surface area contributed by atoms with Crippen molar-refractivity contribution in [1.82, 2.24) is 0 Å². The maximum absolute atomic E-state index is 2.41. The summed E-state index contributed by atoms with van der Waals surface area (Å²) in [5.74, 6) is 0. The highest BCUT2D eigenvalue weighted by atomic mass is 32.2. The summed E-state index contributed by atoms with van der Waals surface area (Å²) in [6, 6.07) is 21.9. The molecule has 23 heavy (non-hydrogen) atoms. The summed E-state index contributed by atoms with van der Waals surface area (Å²) in [5, 5.41) is 0. The highest BCUT2D eigenvalue weighted by Gasteiger charge is 2.25. The fraction of sp³-hybridized carbons (Fsp3) is 0.143. The molecule has 3 aromatic rings. The zero-order valence-electron chi connectivity index (χ0n) is 13.6. The van der Waals surface area contributed by atoms with Crippen molar-refractivity contribution in [1.29, 1.82) is 0 Å². The first-order valence-corrected chi connectivity index (χ1v) is 8.70. The van der Waals surface area contributed by atoms with Crippen LogP contribution >= 0.6 is 11.8 Å². The molecule has 0 saturated heterocycles. The molecular formula is C21H19NS. The van der Waals surface area contributed by atoms with Crippen LogP contribution in [-0.2, 0) is 0 Å². The van der Waals surface area contributed by atoms with Gasteiger partial charge >= 0.3 is 0 Å². The fourth-order valence-electron chi connectivity index (χ4n) is 3.15. The molecule has 1 nitrogen and oxygen atoms in total. The van der Waals surface area contributed by atoms with Crippen LogP contribution < -0.4 is 4.90 Å². The third-order valence-corrected chi connectivity index (χ3v) is 5.62. The molecule has 2 heteroatoms. The molecule has 0 N–H and O–H groups in total. The predicted octanol–water partition coefficient (Wildman–Crippen LogP) is 6.55. The molecule has 0 spiro atoms. The van der Waals surface area contributed by atoms with Crippen LogP contribution in [-0.4, -0.2) is 0 Å². The Morgan fingerprint density at radius 2 is 1.13 bits per heavy atom. The summed E-state index contributed by atoms with van der Waals surface area (Å²) in [6.07, 6.45) is 0. The van der Waals surface area contributed by atoms with Crippen LogP contribution in [0.1, 0.15) is 16.7 Å². The Labute approximate surface area is 142 Å². The maximum Gasteiger partial charge on any atom is 0.0601 e. The van der Waals surface area contributed by atoms with Crippen molar-refractivity contribution >= 4 is 28.8 Å². The van der Waals surface area contributed by atoms with Gasteiger partial charge < -0.3 is 4.90 Å². The van der Waals surface area contributed by atoms with Gasteiger partial charge in [0, 0.05) is 15.5 Å². The molecule has 0 aliphatic carbocycles. The summed E-state index contributed by atoms with van der Waals surface area (Å²) < 4.78 is 0. The lowest BCUT2D eigenvalue weighted by molar-refractivity contribution is 1.14. The number of fused-ring (bicyclic) bond motifs is 2. The van der Waals surface area contributed by atoms with Crippen molar-refractivity contribution in [2.45, 2.75) is 30.6 Å². The first-order chi connectivity index (χ1) is 11.1. The van der Waals surface area contributed by atoms with E-state index in [1.165, 1.54) is 43.5 Å². The average Bonchev–Trinajstić information content (AvgIpc) is 2.56. The summed E-state index contributed by atoms with van der Waals surface area (Å²) in [6.45, 7) is 6.57. The Balaban J connectivity index is 2.00. The summed E-state index contributed by atoms with van der Waals surface area (Å²) >= 11 is 1.85. The fourth-order valence-corrected chi connectivity index (χ4v) is 4.21. The van der Waals surface area contributed by atoms with Crippen LogP contribution in [0.15, 0.2) is 70.5 Å². The quantitative estimate of drug-likeness (QED) is 0.392. The first-order valence-electron chi connectivity index (χ1n) is 7.89. The number of hydrogen-bond donors (Lipinski definition) is 0. The topological polar surface area (TPSA) is 3.24 Å². The molecule has 0 saturated carbocycles. The zero-order valence-corrected chi connectivity index (χ0v) is 14.4. The number of nitrogens with zero attached hydrogens (tertiary/aromatic N) is 1. The van der Waals surface area contributed by atoms with E-state index in [0.717, 1.165) is 0 Å². The molecule has 0 atom stereocenters. The van der Waals surface area contributed by atoms with Crippen molar-refractivity contribution < 1.29 is 0 Å². The lowest BCUT2D eigenvalue weighted by Gasteiger charge is -2.34. The molecule has 0 bridgehead atoms. The molecule has 0 fully saturated rings. The van der Waals surface area contributed by atoms with Gasteiger partial charge in [-0.1, -0.05) is 42.1 Å². The molecule has 0 aromatic heterocycles. The number of para-hydroxylation sites is 2. The van der Waals surface area contributed by atoms with Gasteiger partial charge in [-0.05, 0) is 67.8 Å². The van der Waals surface area contributed by atoms with Crippen molar-refractivity contribution in [3.8, 4) is 0 Å². The molecule has 0 radical (unpaired) electrons. The number of rotatable bonds is 1. The molecule has 4 rings (SSSR count). The third-order valence-electron chi connectivity index (χ3n) is 4.49. The first kappa shape index (κ1) is 14.4. The highest BCUT2D eigenvalue weighted by Crippen LogP contribution is 2.51. The van der Waals surface area contributed by atoms with E-state index >= 15 is 0 Å². The van der Waals surface area contributed by atoms with Crippen molar-refractivity contribution in [3.63, 3.8) is 0 Å². The van der Waals surface area contributed by atoms with E-state index in [0.29, 0.717) is 0 Å². The normalized spacial score (nSPS) is 12.7. The van der Waals surface area contributed by atoms with Gasteiger partial charge in [0.1, 0.15) is 0 Å².